The average Bonchev–Trinajstić information content (AvgIpc) is 3.18. The van der Waals surface area contributed by atoms with Gasteiger partial charge in [0.2, 0.25) is 6.29 Å². The fourth-order valence-electron chi connectivity index (χ4n) is 5.57. The van der Waals surface area contributed by atoms with Crippen LogP contribution < -0.4 is 22.6 Å². The van der Waals surface area contributed by atoms with Gasteiger partial charge in [0.05, 0.1) is 52.8 Å². The molecule has 5 atom stereocenters. The maximum absolute atomic E-state index is 13.4. The number of ketones is 1. The third kappa shape index (κ3) is 15.0. The highest BCUT2D eigenvalue weighted by Gasteiger charge is 2.45. The zero-order chi connectivity index (χ0) is 42.7. The van der Waals surface area contributed by atoms with Crippen molar-refractivity contribution in [2.24, 2.45) is 17.0 Å². The summed E-state index contributed by atoms with van der Waals surface area (Å²) in [7, 11) is -2.45. The average molecular weight is 840 g/mol. The van der Waals surface area contributed by atoms with Crippen molar-refractivity contribution in [1.29, 1.82) is 0 Å². The van der Waals surface area contributed by atoms with Crippen LogP contribution in [-0.2, 0) is 48.4 Å². The van der Waals surface area contributed by atoms with Crippen LogP contribution in [0.4, 0.5) is 0 Å². The largest absolute Gasteiger partial charge is 0.501 e. The second-order valence-corrected chi connectivity index (χ2v) is 13.8. The van der Waals surface area contributed by atoms with Crippen LogP contribution in [0, 0.1) is 11.8 Å². The molecule has 20 nitrogen and oxygen atoms in total. The highest BCUT2D eigenvalue weighted by molar-refractivity contribution is 7.82. The topological polar surface area (TPSA) is 253 Å². The van der Waals surface area contributed by atoms with Gasteiger partial charge in [0.25, 0.3) is 0 Å². The smallest absolute Gasteiger partial charge is 0.496 e. The Morgan fingerprint density at radius 1 is 0.845 bits per heavy atom. The summed E-state index contributed by atoms with van der Waals surface area (Å²) in [6.07, 6.45) is -2.05. The molecule has 320 valence electrons. The Hall–Kier alpha value is -5.18. The number of aldehydes is 1. The monoisotopic (exact) mass is 839 g/mol. The van der Waals surface area contributed by atoms with Crippen molar-refractivity contribution in [3.63, 3.8) is 0 Å². The minimum absolute atomic E-state index is 0.0110. The Balaban J connectivity index is 1.79. The fourth-order valence-corrected chi connectivity index (χ4v) is 6.28. The first-order valence-corrected chi connectivity index (χ1v) is 19.5. The maximum Gasteiger partial charge on any atom is 0.501 e. The molecule has 1 saturated heterocycles. The third-order valence-electron chi connectivity index (χ3n) is 8.57. The summed E-state index contributed by atoms with van der Waals surface area (Å²) in [4.78, 5) is 51.1. The maximum atomic E-state index is 13.4. The molecule has 1 aliphatic heterocycles. The van der Waals surface area contributed by atoms with Gasteiger partial charge in [0, 0.05) is 67.9 Å². The van der Waals surface area contributed by atoms with Crippen LogP contribution in [0.25, 0.3) is 10.4 Å². The Kier molecular flexibility index (Phi) is 19.5. The van der Waals surface area contributed by atoms with Crippen molar-refractivity contribution in [1.82, 2.24) is 0 Å². The van der Waals surface area contributed by atoms with E-state index < -0.39 is 58.4 Å². The van der Waals surface area contributed by atoms with Gasteiger partial charge in [-0.25, -0.2) is 0 Å². The van der Waals surface area contributed by atoms with Gasteiger partial charge in [-0.1, -0.05) is 19.0 Å². The molecule has 2 aromatic carbocycles. The number of azide groups is 1. The molecule has 0 aromatic heterocycles. The first-order valence-electron chi connectivity index (χ1n) is 18.1. The lowest BCUT2D eigenvalue weighted by atomic mass is 9.84. The van der Waals surface area contributed by atoms with Gasteiger partial charge in [-0.3, -0.25) is 19.2 Å². The molecule has 0 N–H and O–H groups in total. The van der Waals surface area contributed by atoms with Crippen LogP contribution in [0.3, 0.4) is 0 Å². The predicted molar refractivity (Wildman–Crippen MR) is 201 cm³/mol. The van der Waals surface area contributed by atoms with Crippen molar-refractivity contribution in [3.8, 4) is 28.7 Å². The first-order chi connectivity index (χ1) is 27.7. The summed E-state index contributed by atoms with van der Waals surface area (Å²) >= 11 is 0. The number of rotatable bonds is 26. The molecule has 21 heteroatoms. The third-order valence-corrected chi connectivity index (χ3v) is 9.36. The number of carbonyl (C=O) groups is 4. The summed E-state index contributed by atoms with van der Waals surface area (Å²) < 4.78 is 87.0. The lowest BCUT2D eigenvalue weighted by Crippen LogP contribution is -2.54. The number of carbonyl (C=O) groups excluding carboxylic acids is 4. The van der Waals surface area contributed by atoms with Crippen molar-refractivity contribution >= 4 is 34.4 Å². The quantitative estimate of drug-likeness (QED) is 0.0242. The van der Waals surface area contributed by atoms with Crippen LogP contribution in [0.1, 0.15) is 61.3 Å². The van der Waals surface area contributed by atoms with E-state index in [2.05, 4.69) is 10.0 Å². The summed E-state index contributed by atoms with van der Waals surface area (Å²) in [5.74, 6) is -3.41. The highest BCUT2D eigenvalue weighted by atomic mass is 32.3. The van der Waals surface area contributed by atoms with Crippen molar-refractivity contribution in [3.05, 3.63) is 51.9 Å². The molecule has 0 aliphatic carbocycles. The van der Waals surface area contributed by atoms with Gasteiger partial charge >= 0.3 is 22.3 Å². The predicted octanol–water partition coefficient (Wildman–Crippen LogP) is 4.41. The summed E-state index contributed by atoms with van der Waals surface area (Å²) in [6.45, 7) is 7.71. The minimum atomic E-state index is -4.98. The molecule has 0 radical (unpaired) electrons. The Bertz CT molecular complexity index is 1830. The van der Waals surface area contributed by atoms with Gasteiger partial charge in [0.15, 0.2) is 29.3 Å². The molecule has 0 spiro atoms. The number of esters is 2. The van der Waals surface area contributed by atoms with E-state index >= 15 is 0 Å². The normalized spacial score (nSPS) is 18.9. The van der Waals surface area contributed by atoms with Crippen LogP contribution in [0.15, 0.2) is 35.4 Å². The molecule has 0 saturated carbocycles. The Morgan fingerprint density at radius 3 is 2.07 bits per heavy atom. The van der Waals surface area contributed by atoms with E-state index in [0.717, 1.165) is 12.1 Å². The number of Topliss-reactive ketones (excluding diaryl/α,β-unsaturated/α-hetero) is 1. The molecule has 2 aromatic rings. The second-order valence-electron chi connectivity index (χ2n) is 12.7. The van der Waals surface area contributed by atoms with Gasteiger partial charge in [0.1, 0.15) is 30.3 Å². The molecular formula is C37H49N3O17S. The van der Waals surface area contributed by atoms with E-state index in [1.807, 2.05) is 0 Å². The Morgan fingerprint density at radius 2 is 1.48 bits per heavy atom. The SMILES string of the molecule is COc1cc(OS(=O)(=O)Oc2cc(C(=O)CCCOCCOCCOCCN=[N+]=[N-])ccc2OC2O[C@H](COC(C)=O)[C@H](OC(C)=O)[C@H](C)[C@H]2C)cc(OC)c1C=O. The highest BCUT2D eigenvalue weighted by Crippen LogP contribution is 2.39. The molecule has 1 aliphatic rings. The Labute approximate surface area is 336 Å². The fraction of sp³-hybridized carbons (Fsp3) is 0.568. The van der Waals surface area contributed by atoms with Crippen LogP contribution in [-0.4, -0.2) is 118 Å². The van der Waals surface area contributed by atoms with Gasteiger partial charge < -0.3 is 51.0 Å². The number of hydrogen-bond acceptors (Lipinski definition) is 18. The van der Waals surface area contributed by atoms with E-state index in [1.165, 1.54) is 46.3 Å². The first kappa shape index (κ1) is 47.2. The van der Waals surface area contributed by atoms with Gasteiger partial charge in [-0.05, 0) is 30.2 Å². The standard InChI is InChI=1S/C37H49N3O17S/c1-23-24(2)37(55-35(22-52-25(3)42)36(23)53-26(4)43)54-31-10-9-27(30(44)8-7-12-49-14-16-51-17-15-50-13-11-39-40-38)18-34(31)57-58(45,46)56-28-19-32(47-5)29(21-41)33(20-28)48-6/h9-10,18-21,23-24,35-37H,7-8,11-17,22H2,1-6H3/t23-,24-,35-,36-,37?/m1/s1. The molecule has 1 heterocycles. The number of hydrogen-bond donors (Lipinski definition) is 0. The minimum Gasteiger partial charge on any atom is -0.496 e. The van der Waals surface area contributed by atoms with Crippen LogP contribution >= 0.6 is 0 Å². The van der Waals surface area contributed by atoms with E-state index in [1.54, 1.807) is 13.8 Å². The zero-order valence-corrected chi connectivity index (χ0v) is 33.9. The van der Waals surface area contributed by atoms with Gasteiger partial charge in [-0.2, -0.15) is 0 Å². The summed E-state index contributed by atoms with van der Waals surface area (Å²) in [6, 6.07) is 6.21. The van der Waals surface area contributed by atoms with E-state index in [0.29, 0.717) is 39.1 Å². The number of nitrogens with zero attached hydrogens (tertiary/aromatic N) is 3. The van der Waals surface area contributed by atoms with Crippen molar-refractivity contribution < 1.29 is 78.6 Å². The van der Waals surface area contributed by atoms with E-state index in [-0.39, 0.29) is 72.7 Å². The molecular weight excluding hydrogens is 790 g/mol. The lowest BCUT2D eigenvalue weighted by molar-refractivity contribution is -0.248. The molecule has 58 heavy (non-hydrogen) atoms. The molecule has 0 amide bonds. The zero-order valence-electron chi connectivity index (χ0n) is 33.1. The van der Waals surface area contributed by atoms with Crippen LogP contribution in [0.2, 0.25) is 0 Å². The molecule has 1 unspecified atom stereocenters. The molecule has 1 fully saturated rings. The van der Waals surface area contributed by atoms with Crippen LogP contribution in [0.5, 0.6) is 28.7 Å². The number of methoxy groups -OCH3 is 2. The number of benzene rings is 2. The molecule has 3 rings (SSSR count). The number of ether oxygens (including phenoxy) is 9. The summed E-state index contributed by atoms with van der Waals surface area (Å²) in [5.41, 5.74) is 8.34. The van der Waals surface area contributed by atoms with Crippen molar-refractivity contribution in [2.45, 2.75) is 59.0 Å². The van der Waals surface area contributed by atoms with Crippen molar-refractivity contribution in [2.75, 3.05) is 67.0 Å². The molecule has 0 bridgehead atoms. The van der Waals surface area contributed by atoms with E-state index in [4.69, 9.17) is 56.5 Å². The second kappa shape index (κ2) is 23.9. The summed E-state index contributed by atoms with van der Waals surface area (Å²) in [5, 5.41) is 3.36. The lowest BCUT2D eigenvalue weighted by Gasteiger charge is -2.43. The van der Waals surface area contributed by atoms with E-state index in [9.17, 15) is 27.6 Å². The van der Waals surface area contributed by atoms with Gasteiger partial charge in [-0.15, -0.1) is 8.42 Å².